The molecule has 2 aromatic heterocycles. The van der Waals surface area contributed by atoms with Crippen LogP contribution in [0.5, 0.6) is 0 Å². The molecule has 9 aliphatic carbocycles. The molecule has 8 atom stereocenters. The molecule has 0 amide bonds. The predicted molar refractivity (Wildman–Crippen MR) is 302 cm³/mol. The minimum Gasteiger partial charge on any atom is -0.455 e. The van der Waals surface area contributed by atoms with Crippen molar-refractivity contribution < 1.29 is 4.42 Å². The normalized spacial score (nSPS) is 34.5. The van der Waals surface area contributed by atoms with Gasteiger partial charge in [-0.2, -0.15) is 0 Å². The molecule has 0 saturated heterocycles. The predicted octanol–water partition coefficient (Wildman–Crippen LogP) is 15.9. The van der Waals surface area contributed by atoms with Gasteiger partial charge >= 0.3 is 0 Å². The number of furan rings is 1. The average molecular weight is 949 g/mol. The second kappa shape index (κ2) is 12.7. The van der Waals surface area contributed by atoms with Crippen molar-refractivity contribution in [3.8, 4) is 11.1 Å². The zero-order valence-corrected chi connectivity index (χ0v) is 43.4. The third-order valence-electron chi connectivity index (χ3n) is 24.6. The Morgan fingerprint density at radius 2 is 1.36 bits per heavy atom. The molecule has 1 spiro atoms. The first-order chi connectivity index (χ1) is 35.4. The van der Waals surface area contributed by atoms with Gasteiger partial charge in [0.05, 0.1) is 5.52 Å². The fraction of sp³-hybridized carbons (Fsp3) is 0.420. The molecule has 7 aromatic carbocycles. The molecule has 4 heteroatoms. The minimum absolute atomic E-state index is 0.0742. The molecule has 7 unspecified atom stereocenters. The van der Waals surface area contributed by atoms with Gasteiger partial charge in [-0.05, 0) is 245 Å². The average Bonchev–Trinajstić information content (AvgIpc) is 4.21. The molecule has 8 fully saturated rings. The second-order valence-corrected chi connectivity index (χ2v) is 28.3. The highest BCUT2D eigenvalue weighted by Gasteiger charge is 2.77. The van der Waals surface area contributed by atoms with E-state index in [9.17, 15) is 0 Å². The van der Waals surface area contributed by atoms with Gasteiger partial charge < -0.3 is 14.3 Å². The number of fused-ring (bicyclic) bond motifs is 11. The van der Waals surface area contributed by atoms with E-state index < -0.39 is 0 Å². The Kier molecular flexibility index (Phi) is 7.05. The Morgan fingerprint density at radius 3 is 2.16 bits per heavy atom. The van der Waals surface area contributed by atoms with Crippen LogP contribution in [0, 0.1) is 59.7 Å². The molecule has 8 saturated carbocycles. The van der Waals surface area contributed by atoms with Gasteiger partial charge in [0, 0.05) is 55.3 Å². The van der Waals surface area contributed by atoms with Crippen molar-refractivity contribution in [3.05, 3.63) is 137 Å². The lowest BCUT2D eigenvalue weighted by atomic mass is 9.38. The number of anilines is 3. The number of hydrogen-bond donors (Lipinski definition) is 1. The van der Waals surface area contributed by atoms with Crippen LogP contribution in [0.4, 0.5) is 17.1 Å². The maximum atomic E-state index is 7.39. The Balaban J connectivity index is 0.911. The van der Waals surface area contributed by atoms with Gasteiger partial charge in [-0.15, -0.1) is 0 Å². The zero-order valence-electron chi connectivity index (χ0n) is 43.4. The summed E-state index contributed by atoms with van der Waals surface area (Å²) >= 11 is 0. The van der Waals surface area contributed by atoms with E-state index in [4.69, 9.17) is 4.42 Å². The number of hydrogen-bond acceptors (Lipinski definition) is 2. The van der Waals surface area contributed by atoms with E-state index in [0.717, 1.165) is 65.8 Å². The van der Waals surface area contributed by atoms with Gasteiger partial charge in [-0.1, -0.05) is 93.8 Å². The molecule has 1 N–H and O–H groups in total. The molecule has 9 aromatic rings. The van der Waals surface area contributed by atoms with Crippen molar-refractivity contribution >= 4 is 89.8 Å². The van der Waals surface area contributed by atoms with Crippen molar-refractivity contribution in [2.75, 3.05) is 4.90 Å². The maximum Gasteiger partial charge on any atom is 0.198 e. The third-order valence-corrected chi connectivity index (χ3v) is 24.6. The van der Waals surface area contributed by atoms with E-state index in [1.807, 2.05) is 0 Å². The molecule has 3 heterocycles. The summed E-state index contributed by atoms with van der Waals surface area (Å²) in [5.41, 5.74) is 23.0. The summed E-state index contributed by atoms with van der Waals surface area (Å²) in [4.78, 5) is 6.97. The fourth-order valence-electron chi connectivity index (χ4n) is 21.3. The first kappa shape index (κ1) is 40.6. The van der Waals surface area contributed by atoms with Gasteiger partial charge in [0.1, 0.15) is 11.2 Å². The van der Waals surface area contributed by atoms with Crippen LogP contribution in [0.1, 0.15) is 126 Å². The van der Waals surface area contributed by atoms with Crippen LogP contribution < -0.4 is 15.8 Å². The van der Waals surface area contributed by atoms with Crippen molar-refractivity contribution in [3.63, 3.8) is 0 Å². The summed E-state index contributed by atoms with van der Waals surface area (Å²) in [5.74, 6) is 7.72. The number of nitrogens with zero attached hydrogens (tertiary/aromatic N) is 1. The molecule has 2 bridgehead atoms. The highest BCUT2D eigenvalue weighted by atomic mass is 16.3. The lowest BCUT2D eigenvalue weighted by Gasteiger charge is -2.66. The molecule has 0 radical (unpaired) electrons. The summed E-state index contributed by atoms with van der Waals surface area (Å²) in [6.07, 6.45) is 15.4. The Labute approximate surface area is 429 Å². The van der Waals surface area contributed by atoms with Crippen LogP contribution >= 0.6 is 0 Å². The monoisotopic (exact) mass is 949 g/mol. The SMILES string of the molecule is Cc1cc2c(cc1N1c3cc4ccccc4cc3Bc3c1cc1c(oc4ccccc41)c3-c1cc(C34CC5CC6CC(C3)C65C4)cc3c1[nH]c1ccc(C45CC6CC7CC(C4)[C@@H]7C65)cc13)C(C)(C)CCC2(C)C. The largest absolute Gasteiger partial charge is 0.455 e. The van der Waals surface area contributed by atoms with Crippen LogP contribution in [0.2, 0.25) is 0 Å². The van der Waals surface area contributed by atoms with E-state index in [-0.39, 0.29) is 16.2 Å². The van der Waals surface area contributed by atoms with Crippen molar-refractivity contribution in [1.29, 1.82) is 0 Å². The van der Waals surface area contributed by atoms with Gasteiger partial charge in [0.25, 0.3) is 0 Å². The van der Waals surface area contributed by atoms with E-state index in [0.29, 0.717) is 10.8 Å². The maximum absolute atomic E-state index is 7.39. The standard InChI is InChI=1S/C69H65BN2O/c1-35-18-51-52(66(4,5)17-16-65(51,2)3)29-55(35)72-56-22-37-11-7-6-10-36(37)21-53(56)70-62-57(72)28-49-46-12-8-9-13-58(46)73-64(49)60(62)50-27-42(67-32-44-23-43-24-45(33-67)69(43,44)34-67)26-48-47-25-41(14-15-54(47)71-63(48)50)68-30-39-19-38-20-40(31-68)61(68)59(38)39/h6-15,18,21-22,25-29,38-40,43-45,59,61,70-71H,16-17,19-20,23-24,30-34H2,1-5H3/t38?,39?,40?,43?,44?,45?,59-,61?,67?,68?,69?/m1/s1. The molecule has 73 heavy (non-hydrogen) atoms. The summed E-state index contributed by atoms with van der Waals surface area (Å²) in [6, 6.07) is 44.0. The lowest BCUT2D eigenvalue weighted by molar-refractivity contribution is -0.175. The molecular weight excluding hydrogens is 884 g/mol. The molecule has 360 valence electrons. The Hall–Kier alpha value is -5.74. The molecule has 19 rings (SSSR count). The minimum atomic E-state index is 0.0742. The highest BCUT2D eigenvalue weighted by molar-refractivity contribution is 6.74. The van der Waals surface area contributed by atoms with Crippen molar-refractivity contribution in [2.45, 2.75) is 127 Å². The van der Waals surface area contributed by atoms with Gasteiger partial charge in [-0.25, -0.2) is 0 Å². The first-order valence-electron chi connectivity index (χ1n) is 28.9. The third kappa shape index (κ3) is 4.66. The van der Waals surface area contributed by atoms with Gasteiger partial charge in [-0.3, -0.25) is 0 Å². The fourth-order valence-corrected chi connectivity index (χ4v) is 21.3. The zero-order chi connectivity index (χ0) is 48.0. The van der Waals surface area contributed by atoms with Gasteiger partial charge in [0.15, 0.2) is 7.28 Å². The van der Waals surface area contributed by atoms with Crippen LogP contribution in [-0.2, 0) is 21.7 Å². The number of H-pyrrole nitrogens is 1. The Bertz CT molecular complexity index is 4050. The summed E-state index contributed by atoms with van der Waals surface area (Å²) in [6.45, 7) is 12.3. The van der Waals surface area contributed by atoms with Crippen LogP contribution in [-0.4, -0.2) is 12.3 Å². The second-order valence-electron chi connectivity index (χ2n) is 28.3. The molecule has 1 aliphatic heterocycles. The van der Waals surface area contributed by atoms with Crippen molar-refractivity contribution in [1.82, 2.24) is 4.98 Å². The van der Waals surface area contributed by atoms with Gasteiger partial charge in [0.2, 0.25) is 0 Å². The van der Waals surface area contributed by atoms with E-state index in [2.05, 4.69) is 154 Å². The topological polar surface area (TPSA) is 32.2 Å². The van der Waals surface area contributed by atoms with E-state index in [1.165, 1.54) is 170 Å². The summed E-state index contributed by atoms with van der Waals surface area (Å²) in [7, 11) is 0.835. The molecule has 10 aliphatic rings. The number of para-hydroxylation sites is 1. The van der Waals surface area contributed by atoms with Crippen LogP contribution in [0.3, 0.4) is 0 Å². The summed E-state index contributed by atoms with van der Waals surface area (Å²) in [5, 5.41) is 7.91. The number of aromatic amines is 1. The number of nitrogens with one attached hydrogen (secondary N) is 1. The van der Waals surface area contributed by atoms with E-state index >= 15 is 0 Å². The van der Waals surface area contributed by atoms with E-state index in [1.54, 1.807) is 11.1 Å². The first-order valence-corrected chi connectivity index (χ1v) is 28.9. The lowest BCUT2D eigenvalue weighted by Crippen LogP contribution is -2.59. The number of aryl methyl sites for hydroxylation is 1. The summed E-state index contributed by atoms with van der Waals surface area (Å²) < 4.78 is 7.39. The quantitative estimate of drug-likeness (QED) is 0.178. The number of aromatic nitrogens is 1. The Morgan fingerprint density at radius 1 is 0.616 bits per heavy atom. The number of benzene rings is 7. The van der Waals surface area contributed by atoms with Crippen LogP contribution in [0.15, 0.2) is 114 Å². The highest BCUT2D eigenvalue weighted by Crippen LogP contribution is 2.85. The van der Waals surface area contributed by atoms with Crippen molar-refractivity contribution in [2.24, 2.45) is 52.8 Å². The smallest absolute Gasteiger partial charge is 0.198 e. The molecular formula is C69H65BN2O. The number of rotatable bonds is 4. The molecule has 3 nitrogen and oxygen atoms in total. The van der Waals surface area contributed by atoms with Crippen LogP contribution in [0.25, 0.3) is 65.6 Å².